The minimum Gasteiger partial charge on any atom is -0.493 e. The first kappa shape index (κ1) is 24.1. The number of carbonyl (C=O) groups is 2. The van der Waals surface area contributed by atoms with E-state index in [1.807, 2.05) is 6.07 Å². The van der Waals surface area contributed by atoms with Gasteiger partial charge in [0.2, 0.25) is 0 Å². The molecule has 0 aromatic heterocycles. The van der Waals surface area contributed by atoms with E-state index in [-0.39, 0.29) is 23.1 Å². The summed E-state index contributed by atoms with van der Waals surface area (Å²) in [5.74, 6) is -0.632. The van der Waals surface area contributed by atoms with Crippen LogP contribution < -0.4 is 20.1 Å². The van der Waals surface area contributed by atoms with Gasteiger partial charge in [0.25, 0.3) is 11.8 Å². The minimum atomic E-state index is -4.52. The lowest BCUT2D eigenvalue weighted by molar-refractivity contribution is -0.137. The van der Waals surface area contributed by atoms with Crippen LogP contribution in [0.2, 0.25) is 0 Å². The Balaban J connectivity index is 1.63. The van der Waals surface area contributed by atoms with Crippen molar-refractivity contribution < 1.29 is 32.2 Å². The maximum atomic E-state index is 12.8. The normalized spacial score (nSPS) is 10.9. The van der Waals surface area contributed by atoms with Crippen LogP contribution in [-0.2, 0) is 11.0 Å². The zero-order valence-corrected chi connectivity index (χ0v) is 18.8. The summed E-state index contributed by atoms with van der Waals surface area (Å²) in [6.45, 7) is -0.476. The SMILES string of the molecule is COc1cc(C(=O)Nc2cccc(Br)c2)ccc1OCC(=O)Nc1cccc(C(F)(F)F)c1. The van der Waals surface area contributed by atoms with Crippen molar-refractivity contribution in [3.63, 3.8) is 0 Å². The van der Waals surface area contributed by atoms with Gasteiger partial charge in [-0.05, 0) is 54.6 Å². The first-order valence-electron chi connectivity index (χ1n) is 9.50. The Morgan fingerprint density at radius 1 is 0.909 bits per heavy atom. The monoisotopic (exact) mass is 522 g/mol. The number of rotatable bonds is 7. The Hall–Kier alpha value is -3.53. The molecule has 10 heteroatoms. The molecular weight excluding hydrogens is 505 g/mol. The first-order chi connectivity index (χ1) is 15.7. The smallest absolute Gasteiger partial charge is 0.416 e. The molecule has 0 saturated carbocycles. The standard InChI is InChI=1S/C23H18BrF3N2O4/c1-32-20-10-14(22(31)29-18-7-3-5-16(24)12-18)8-9-19(20)33-13-21(30)28-17-6-2-4-15(11-17)23(25,26)27/h2-12H,13H2,1H3,(H,28,30)(H,29,31). The Labute approximate surface area is 195 Å². The highest BCUT2D eigenvalue weighted by Crippen LogP contribution is 2.31. The van der Waals surface area contributed by atoms with E-state index in [2.05, 4.69) is 26.6 Å². The molecule has 2 amide bonds. The van der Waals surface area contributed by atoms with E-state index in [0.29, 0.717) is 11.3 Å². The van der Waals surface area contributed by atoms with Crippen LogP contribution >= 0.6 is 15.9 Å². The topological polar surface area (TPSA) is 76.7 Å². The van der Waals surface area contributed by atoms with E-state index in [1.165, 1.54) is 37.4 Å². The molecule has 0 atom stereocenters. The maximum Gasteiger partial charge on any atom is 0.416 e. The zero-order chi connectivity index (χ0) is 24.0. The highest BCUT2D eigenvalue weighted by molar-refractivity contribution is 9.10. The molecule has 0 spiro atoms. The highest BCUT2D eigenvalue weighted by atomic mass is 79.9. The first-order valence-corrected chi connectivity index (χ1v) is 10.3. The van der Waals surface area contributed by atoms with Crippen LogP contribution in [0.3, 0.4) is 0 Å². The van der Waals surface area contributed by atoms with Gasteiger partial charge in [-0.15, -0.1) is 0 Å². The molecule has 0 fully saturated rings. The van der Waals surface area contributed by atoms with Crippen molar-refractivity contribution in [2.45, 2.75) is 6.18 Å². The molecule has 0 bridgehead atoms. The quantitative estimate of drug-likeness (QED) is 0.414. The second-order valence-corrected chi connectivity index (χ2v) is 7.66. The molecular formula is C23H18BrF3N2O4. The largest absolute Gasteiger partial charge is 0.493 e. The lowest BCUT2D eigenvalue weighted by Gasteiger charge is -2.13. The number of benzene rings is 3. The van der Waals surface area contributed by atoms with Crippen molar-refractivity contribution in [2.75, 3.05) is 24.4 Å². The Bertz CT molecular complexity index is 1170. The van der Waals surface area contributed by atoms with Gasteiger partial charge >= 0.3 is 6.18 Å². The van der Waals surface area contributed by atoms with Crippen molar-refractivity contribution in [1.82, 2.24) is 0 Å². The number of carbonyl (C=O) groups excluding carboxylic acids is 2. The molecule has 2 N–H and O–H groups in total. The summed E-state index contributed by atoms with van der Waals surface area (Å²) < 4.78 is 49.9. The van der Waals surface area contributed by atoms with E-state index in [4.69, 9.17) is 9.47 Å². The van der Waals surface area contributed by atoms with Gasteiger partial charge in [-0.3, -0.25) is 9.59 Å². The molecule has 0 aliphatic heterocycles. The van der Waals surface area contributed by atoms with E-state index in [0.717, 1.165) is 16.6 Å². The van der Waals surface area contributed by atoms with Gasteiger partial charge in [-0.25, -0.2) is 0 Å². The fourth-order valence-electron chi connectivity index (χ4n) is 2.81. The summed E-state index contributed by atoms with van der Waals surface area (Å²) in [7, 11) is 1.38. The molecule has 3 aromatic carbocycles. The van der Waals surface area contributed by atoms with Crippen LogP contribution in [0.25, 0.3) is 0 Å². The van der Waals surface area contributed by atoms with Crippen LogP contribution in [0.1, 0.15) is 15.9 Å². The summed E-state index contributed by atoms with van der Waals surface area (Å²) in [6.07, 6.45) is -4.52. The summed E-state index contributed by atoms with van der Waals surface area (Å²) in [4.78, 5) is 24.6. The number of amides is 2. The molecule has 0 aliphatic rings. The molecule has 172 valence electrons. The van der Waals surface area contributed by atoms with E-state index in [1.54, 1.807) is 18.2 Å². The van der Waals surface area contributed by atoms with Crippen molar-refractivity contribution >= 4 is 39.1 Å². The van der Waals surface area contributed by atoms with Crippen molar-refractivity contribution in [3.8, 4) is 11.5 Å². The van der Waals surface area contributed by atoms with Crippen LogP contribution in [0.5, 0.6) is 11.5 Å². The average molecular weight is 523 g/mol. The Morgan fingerprint density at radius 2 is 1.61 bits per heavy atom. The van der Waals surface area contributed by atoms with Gasteiger partial charge in [0.1, 0.15) is 0 Å². The predicted molar refractivity (Wildman–Crippen MR) is 121 cm³/mol. The molecule has 33 heavy (non-hydrogen) atoms. The average Bonchev–Trinajstić information content (AvgIpc) is 2.77. The summed E-state index contributed by atoms with van der Waals surface area (Å²) in [5.41, 5.74) is 0.0112. The molecule has 0 aliphatic carbocycles. The van der Waals surface area contributed by atoms with Gasteiger partial charge in [0, 0.05) is 21.4 Å². The third-order valence-corrected chi connectivity index (χ3v) is 4.83. The molecule has 6 nitrogen and oxygen atoms in total. The fraction of sp³-hybridized carbons (Fsp3) is 0.130. The van der Waals surface area contributed by atoms with Gasteiger partial charge in [-0.1, -0.05) is 28.1 Å². The number of ether oxygens (including phenoxy) is 2. The maximum absolute atomic E-state index is 12.8. The second-order valence-electron chi connectivity index (χ2n) is 6.75. The third-order valence-electron chi connectivity index (χ3n) is 4.34. The number of halogens is 4. The summed E-state index contributed by atoms with van der Waals surface area (Å²) in [5, 5.41) is 5.10. The van der Waals surface area contributed by atoms with Gasteiger partial charge in [-0.2, -0.15) is 13.2 Å². The zero-order valence-electron chi connectivity index (χ0n) is 17.2. The molecule has 0 unspecified atom stereocenters. The summed E-state index contributed by atoms with van der Waals surface area (Å²) in [6, 6.07) is 15.8. The van der Waals surface area contributed by atoms with Crippen molar-refractivity contribution in [2.24, 2.45) is 0 Å². The summed E-state index contributed by atoms with van der Waals surface area (Å²) >= 11 is 3.33. The highest BCUT2D eigenvalue weighted by Gasteiger charge is 2.30. The number of hydrogen-bond donors (Lipinski definition) is 2. The number of hydrogen-bond acceptors (Lipinski definition) is 4. The molecule has 3 rings (SSSR count). The lowest BCUT2D eigenvalue weighted by Crippen LogP contribution is -2.20. The third kappa shape index (κ3) is 6.72. The van der Waals surface area contributed by atoms with E-state index < -0.39 is 24.3 Å². The van der Waals surface area contributed by atoms with E-state index >= 15 is 0 Å². The number of nitrogens with one attached hydrogen (secondary N) is 2. The fourth-order valence-corrected chi connectivity index (χ4v) is 3.21. The Kier molecular flexibility index (Phi) is 7.59. The van der Waals surface area contributed by atoms with Crippen molar-refractivity contribution in [3.05, 3.63) is 82.3 Å². The molecule has 3 aromatic rings. The number of anilines is 2. The van der Waals surface area contributed by atoms with Crippen LogP contribution in [0, 0.1) is 0 Å². The molecule has 0 radical (unpaired) electrons. The molecule has 0 saturated heterocycles. The Morgan fingerprint density at radius 3 is 2.27 bits per heavy atom. The van der Waals surface area contributed by atoms with Gasteiger partial charge in [0.15, 0.2) is 18.1 Å². The van der Waals surface area contributed by atoms with Crippen LogP contribution in [-0.4, -0.2) is 25.5 Å². The molecule has 0 heterocycles. The second kappa shape index (κ2) is 10.4. The van der Waals surface area contributed by atoms with Gasteiger partial charge in [0.05, 0.1) is 12.7 Å². The number of methoxy groups -OCH3 is 1. The predicted octanol–water partition coefficient (Wildman–Crippen LogP) is 5.75. The lowest BCUT2D eigenvalue weighted by atomic mass is 10.2. The van der Waals surface area contributed by atoms with Crippen LogP contribution in [0.15, 0.2) is 71.2 Å². The van der Waals surface area contributed by atoms with E-state index in [9.17, 15) is 22.8 Å². The minimum absolute atomic E-state index is 0.00930. The van der Waals surface area contributed by atoms with Crippen LogP contribution in [0.4, 0.5) is 24.5 Å². The van der Waals surface area contributed by atoms with Gasteiger partial charge < -0.3 is 20.1 Å². The van der Waals surface area contributed by atoms with Crippen molar-refractivity contribution in [1.29, 1.82) is 0 Å². The number of alkyl halides is 3.